The fourth-order valence-electron chi connectivity index (χ4n) is 4.75. The third kappa shape index (κ3) is 6.58. The predicted molar refractivity (Wildman–Crippen MR) is 133 cm³/mol. The number of rotatable bonds is 10. The highest BCUT2D eigenvalue weighted by Crippen LogP contribution is 2.40. The van der Waals surface area contributed by atoms with Gasteiger partial charge in [0.1, 0.15) is 5.54 Å². The normalized spacial score (nSPS) is 23.0. The molecule has 1 unspecified atom stereocenters. The third-order valence-corrected chi connectivity index (χ3v) is 6.47. The molecule has 0 radical (unpaired) electrons. The van der Waals surface area contributed by atoms with Crippen LogP contribution in [0.3, 0.4) is 0 Å². The van der Waals surface area contributed by atoms with Gasteiger partial charge >= 0.3 is 6.61 Å². The fourth-order valence-corrected chi connectivity index (χ4v) is 4.75. The lowest BCUT2D eigenvalue weighted by Gasteiger charge is -2.35. The summed E-state index contributed by atoms with van der Waals surface area (Å²) < 4.78 is 36.0. The van der Waals surface area contributed by atoms with Crippen LogP contribution >= 0.6 is 0 Å². The van der Waals surface area contributed by atoms with Gasteiger partial charge in [-0.3, -0.25) is 14.4 Å². The number of carbonyl (C=O) groups excluding carboxylic acids is 3. The smallest absolute Gasteiger partial charge is 0.387 e. The van der Waals surface area contributed by atoms with Crippen LogP contribution in [0.15, 0.2) is 42.1 Å². The van der Waals surface area contributed by atoms with Crippen LogP contribution < -0.4 is 25.8 Å². The van der Waals surface area contributed by atoms with E-state index in [2.05, 4.69) is 15.4 Å². The Morgan fingerprint density at radius 2 is 1.97 bits per heavy atom. The second kappa shape index (κ2) is 11.6. The van der Waals surface area contributed by atoms with Gasteiger partial charge in [-0.05, 0) is 57.0 Å². The molecule has 202 valence electrons. The molecular weight excluding hydrogens is 486 g/mol. The maximum atomic E-state index is 12.9. The number of nitrogens with two attached hydrogens (primary N) is 1. The molecule has 4 N–H and O–H groups in total. The van der Waals surface area contributed by atoms with Crippen molar-refractivity contribution in [1.29, 1.82) is 0 Å². The van der Waals surface area contributed by atoms with Crippen molar-refractivity contribution in [2.75, 3.05) is 13.1 Å². The lowest BCUT2D eigenvalue weighted by Crippen LogP contribution is -2.56. The van der Waals surface area contributed by atoms with E-state index in [1.54, 1.807) is 50.0 Å². The highest BCUT2D eigenvalue weighted by atomic mass is 19.3. The molecule has 1 aromatic carbocycles. The van der Waals surface area contributed by atoms with Crippen LogP contribution in [-0.4, -0.2) is 60.0 Å². The zero-order chi connectivity index (χ0) is 27.3. The number of benzene rings is 1. The summed E-state index contributed by atoms with van der Waals surface area (Å²) in [7, 11) is 0. The Hall–Kier alpha value is -3.63. The summed E-state index contributed by atoms with van der Waals surface area (Å²) in [5.74, 6) is -1.09. The lowest BCUT2D eigenvalue weighted by molar-refractivity contribution is -0.131. The van der Waals surface area contributed by atoms with Gasteiger partial charge in [0.25, 0.3) is 5.91 Å². The Kier molecular flexibility index (Phi) is 8.77. The third-order valence-electron chi connectivity index (χ3n) is 6.47. The standard InChI is InChI=1S/C26H34F2N4O5/c1-5-30-23(34)18-8-9-26(24(29)35,31-13-18)12-20-10-19(14-32(20)16(4)33)17-6-7-21(37-25(27)28)22(11-17)36-15(2)3/h6-9,11,13,15,19-20,25,31H,5,10,12,14H2,1-4H3,(H2,29,35)(H,30,34)/t19-,20-,26?/m1/s1. The quantitative estimate of drug-likeness (QED) is 0.436. The van der Waals surface area contributed by atoms with Gasteiger partial charge in [0.2, 0.25) is 11.8 Å². The number of primary amides is 1. The first kappa shape index (κ1) is 27.9. The summed E-state index contributed by atoms with van der Waals surface area (Å²) in [6.07, 6.45) is 5.00. The minimum Gasteiger partial charge on any atom is -0.487 e. The molecule has 0 saturated carbocycles. The van der Waals surface area contributed by atoms with Gasteiger partial charge in [0.15, 0.2) is 11.5 Å². The highest BCUT2D eigenvalue weighted by Gasteiger charge is 2.43. The monoisotopic (exact) mass is 520 g/mol. The number of nitrogens with one attached hydrogen (secondary N) is 2. The van der Waals surface area contributed by atoms with Crippen molar-refractivity contribution in [3.05, 3.63) is 47.7 Å². The number of halogens is 2. The number of likely N-dealkylation sites (tertiary alicyclic amines) is 1. The number of amides is 3. The van der Waals surface area contributed by atoms with Gasteiger partial charge in [-0.2, -0.15) is 8.78 Å². The van der Waals surface area contributed by atoms with Crippen LogP contribution in [0.25, 0.3) is 0 Å². The van der Waals surface area contributed by atoms with Crippen molar-refractivity contribution in [3.63, 3.8) is 0 Å². The molecule has 0 bridgehead atoms. The van der Waals surface area contributed by atoms with Crippen LogP contribution in [0.5, 0.6) is 11.5 Å². The first-order valence-corrected chi connectivity index (χ1v) is 12.2. The summed E-state index contributed by atoms with van der Waals surface area (Å²) in [5.41, 5.74) is 5.64. The van der Waals surface area contributed by atoms with E-state index >= 15 is 0 Å². The first-order valence-electron chi connectivity index (χ1n) is 12.2. The Morgan fingerprint density at radius 3 is 2.51 bits per heavy atom. The van der Waals surface area contributed by atoms with Crippen LogP contribution in [0.4, 0.5) is 8.78 Å². The Bertz CT molecular complexity index is 1090. The number of hydrogen-bond acceptors (Lipinski definition) is 6. The van der Waals surface area contributed by atoms with Gasteiger partial charge < -0.3 is 30.7 Å². The Balaban J connectivity index is 1.84. The molecular formula is C26H34F2N4O5. The van der Waals surface area contributed by atoms with Crippen LogP contribution in [0.1, 0.15) is 52.0 Å². The van der Waals surface area contributed by atoms with E-state index in [4.69, 9.17) is 10.5 Å². The second-order valence-electron chi connectivity index (χ2n) is 9.49. The molecule has 1 aromatic rings. The molecule has 11 heteroatoms. The molecule has 2 heterocycles. The molecule has 2 aliphatic heterocycles. The summed E-state index contributed by atoms with van der Waals surface area (Å²) in [4.78, 5) is 38.9. The van der Waals surface area contributed by atoms with Crippen molar-refractivity contribution in [1.82, 2.24) is 15.5 Å². The summed E-state index contributed by atoms with van der Waals surface area (Å²) in [5, 5.41) is 5.68. The van der Waals surface area contributed by atoms with Crippen molar-refractivity contribution in [2.45, 2.75) is 70.8 Å². The van der Waals surface area contributed by atoms with Crippen LogP contribution in [0.2, 0.25) is 0 Å². The number of alkyl halides is 2. The van der Waals surface area contributed by atoms with Gasteiger partial charge in [-0.15, -0.1) is 0 Å². The van der Waals surface area contributed by atoms with E-state index in [0.717, 1.165) is 5.56 Å². The van der Waals surface area contributed by atoms with E-state index in [1.165, 1.54) is 19.2 Å². The molecule has 0 aliphatic carbocycles. The predicted octanol–water partition coefficient (Wildman–Crippen LogP) is 2.57. The van der Waals surface area contributed by atoms with Gasteiger partial charge in [0, 0.05) is 44.6 Å². The average molecular weight is 521 g/mol. The second-order valence-corrected chi connectivity index (χ2v) is 9.49. The van der Waals surface area contributed by atoms with Gasteiger partial charge in [-0.25, -0.2) is 0 Å². The maximum absolute atomic E-state index is 12.9. The minimum atomic E-state index is -2.99. The number of likely N-dealkylation sites (N-methyl/N-ethyl adjacent to an activating group) is 1. The van der Waals surface area contributed by atoms with Crippen molar-refractivity contribution in [2.24, 2.45) is 5.73 Å². The van der Waals surface area contributed by atoms with E-state index in [0.29, 0.717) is 25.1 Å². The van der Waals surface area contributed by atoms with E-state index in [-0.39, 0.29) is 47.8 Å². The molecule has 0 aromatic heterocycles. The van der Waals surface area contributed by atoms with Crippen molar-refractivity contribution < 1.29 is 32.6 Å². The number of dihydropyridines is 1. The zero-order valence-electron chi connectivity index (χ0n) is 21.4. The molecule has 1 fully saturated rings. The fraction of sp³-hybridized carbons (Fsp3) is 0.500. The van der Waals surface area contributed by atoms with Crippen molar-refractivity contribution >= 4 is 17.7 Å². The van der Waals surface area contributed by atoms with Gasteiger partial charge in [-0.1, -0.05) is 6.07 Å². The Morgan fingerprint density at radius 1 is 1.24 bits per heavy atom. The van der Waals surface area contributed by atoms with E-state index in [1.807, 2.05) is 0 Å². The Labute approximate surface area is 215 Å². The molecule has 0 spiro atoms. The number of nitrogens with zero attached hydrogens (tertiary/aromatic N) is 1. The zero-order valence-corrected chi connectivity index (χ0v) is 21.4. The maximum Gasteiger partial charge on any atom is 0.387 e. The number of hydrogen-bond donors (Lipinski definition) is 3. The molecule has 37 heavy (non-hydrogen) atoms. The molecule has 2 aliphatic rings. The van der Waals surface area contributed by atoms with Crippen LogP contribution in [-0.2, 0) is 14.4 Å². The molecule has 3 rings (SSSR count). The largest absolute Gasteiger partial charge is 0.487 e. The molecule has 3 atom stereocenters. The summed E-state index contributed by atoms with van der Waals surface area (Å²) >= 11 is 0. The highest BCUT2D eigenvalue weighted by molar-refractivity contribution is 5.97. The van der Waals surface area contributed by atoms with E-state index < -0.39 is 18.1 Å². The molecule has 3 amide bonds. The summed E-state index contributed by atoms with van der Waals surface area (Å²) in [6, 6.07) is 4.43. The molecule has 9 nitrogen and oxygen atoms in total. The van der Waals surface area contributed by atoms with Crippen LogP contribution in [0, 0.1) is 0 Å². The first-order chi connectivity index (χ1) is 17.5. The summed E-state index contributed by atoms with van der Waals surface area (Å²) in [6.45, 7) is 4.65. The van der Waals surface area contributed by atoms with Gasteiger partial charge in [0.05, 0.1) is 11.7 Å². The SMILES string of the molecule is CCNC(=O)C1=CNC(C[C@H]2C[C@@H](c3ccc(OC(F)F)c(OC(C)C)c3)CN2C(C)=O)(C(N)=O)C=C1. The lowest BCUT2D eigenvalue weighted by atomic mass is 9.84. The van der Waals surface area contributed by atoms with E-state index in [9.17, 15) is 23.2 Å². The minimum absolute atomic E-state index is 0.0654. The number of ether oxygens (including phenoxy) is 2. The van der Waals surface area contributed by atoms with Crippen molar-refractivity contribution in [3.8, 4) is 11.5 Å². The number of carbonyl (C=O) groups is 3. The molecule has 1 saturated heterocycles. The topological polar surface area (TPSA) is 123 Å². The average Bonchev–Trinajstić information content (AvgIpc) is 3.24.